The van der Waals surface area contributed by atoms with Crippen LogP contribution in [0.3, 0.4) is 0 Å². The van der Waals surface area contributed by atoms with Crippen LogP contribution in [0.5, 0.6) is 11.5 Å². The number of aliphatic hydroxyl groups excluding tert-OH is 1. The van der Waals surface area contributed by atoms with Gasteiger partial charge in [-0.05, 0) is 52.3 Å². The summed E-state index contributed by atoms with van der Waals surface area (Å²) >= 11 is 0. The maximum atomic E-state index is 14.0. The first kappa shape index (κ1) is 28.8. The van der Waals surface area contributed by atoms with E-state index in [9.17, 15) is 34.5 Å². The number of aryl methyl sites for hydroxylation is 1. The van der Waals surface area contributed by atoms with Gasteiger partial charge in [-0.15, -0.1) is 0 Å². The fourth-order valence-corrected chi connectivity index (χ4v) is 5.34. The molecule has 1 aromatic rings. The predicted molar refractivity (Wildman–Crippen MR) is 141 cm³/mol. The van der Waals surface area contributed by atoms with Gasteiger partial charge in [0.1, 0.15) is 29.5 Å². The van der Waals surface area contributed by atoms with Gasteiger partial charge in [0, 0.05) is 40.7 Å². The third-order valence-corrected chi connectivity index (χ3v) is 7.74. The average molecular weight is 553 g/mol. The number of hydrogen-bond acceptors (Lipinski definition) is 10. The number of esters is 2. The summed E-state index contributed by atoms with van der Waals surface area (Å²) in [7, 11) is 0. The Morgan fingerprint density at radius 2 is 1.90 bits per heavy atom. The molecule has 3 heterocycles. The number of benzene rings is 1. The van der Waals surface area contributed by atoms with Crippen molar-refractivity contribution in [2.75, 3.05) is 6.61 Å². The highest BCUT2D eigenvalue weighted by Gasteiger charge is 2.54. The second-order valence-corrected chi connectivity index (χ2v) is 10.5. The van der Waals surface area contributed by atoms with Gasteiger partial charge in [0.25, 0.3) is 0 Å². The predicted octanol–water partition coefficient (Wildman–Crippen LogP) is 3.06. The average Bonchev–Trinajstić information content (AvgIpc) is 3.33. The number of hydrogen-bond donors (Lipinski definition) is 3. The zero-order chi connectivity index (χ0) is 29.7. The van der Waals surface area contributed by atoms with Gasteiger partial charge in [-0.2, -0.15) is 0 Å². The lowest BCUT2D eigenvalue weighted by Crippen LogP contribution is -2.43. The third kappa shape index (κ3) is 4.72. The summed E-state index contributed by atoms with van der Waals surface area (Å²) in [6.07, 6.45) is 0.433. The molecule has 40 heavy (non-hydrogen) atoms. The van der Waals surface area contributed by atoms with Crippen molar-refractivity contribution in [2.24, 2.45) is 5.92 Å². The fraction of sp³-hybridized carbons (Fsp3) is 0.400. The second-order valence-electron chi connectivity index (χ2n) is 10.5. The fourth-order valence-electron chi connectivity index (χ4n) is 5.34. The Hall–Kier alpha value is -4.18. The monoisotopic (exact) mass is 552 g/mol. The molecular weight excluding hydrogens is 520 g/mol. The normalized spacial score (nSPS) is 27.6. The molecule has 0 spiro atoms. The van der Waals surface area contributed by atoms with Crippen LogP contribution in [0.4, 0.5) is 0 Å². The van der Waals surface area contributed by atoms with Crippen molar-refractivity contribution in [3.63, 3.8) is 0 Å². The topological polar surface area (TPSA) is 157 Å². The maximum Gasteiger partial charge on any atom is 0.334 e. The summed E-state index contributed by atoms with van der Waals surface area (Å²) in [6.45, 7) is 10.8. The Kier molecular flexibility index (Phi) is 7.51. The molecule has 3 aliphatic heterocycles. The highest BCUT2D eigenvalue weighted by atomic mass is 16.6. The Labute approximate surface area is 231 Å². The van der Waals surface area contributed by atoms with Crippen LogP contribution in [0.1, 0.15) is 55.6 Å². The number of carbonyl (C=O) groups is 4. The van der Waals surface area contributed by atoms with E-state index < -0.39 is 59.6 Å². The lowest BCUT2D eigenvalue weighted by Gasteiger charge is -2.31. The summed E-state index contributed by atoms with van der Waals surface area (Å²) in [5.74, 6) is -3.95. The van der Waals surface area contributed by atoms with E-state index in [1.165, 1.54) is 26.0 Å². The molecule has 212 valence electrons. The number of aliphatic hydroxyl groups is 1. The first-order valence-electron chi connectivity index (χ1n) is 12.8. The molecule has 3 N–H and O–H groups in total. The van der Waals surface area contributed by atoms with Gasteiger partial charge < -0.3 is 29.5 Å². The maximum absolute atomic E-state index is 14.0. The van der Waals surface area contributed by atoms with Crippen LogP contribution >= 0.6 is 0 Å². The van der Waals surface area contributed by atoms with Crippen molar-refractivity contribution in [2.45, 2.75) is 65.3 Å². The summed E-state index contributed by atoms with van der Waals surface area (Å²) in [6, 6.07) is 1.35. The van der Waals surface area contributed by atoms with E-state index in [1.807, 2.05) is 0 Å². The van der Waals surface area contributed by atoms with Crippen LogP contribution in [0.15, 0.2) is 52.8 Å². The minimum atomic E-state index is -1.62. The number of Topliss-reactive ketones (excluding diaryl/α,β-unsaturated/α-hetero) is 2. The zero-order valence-corrected chi connectivity index (χ0v) is 23.0. The molecule has 2 bridgehead atoms. The molecule has 0 aliphatic carbocycles. The number of carbonyl (C=O) groups excluding carboxylic acids is 4. The number of phenols is 2. The first-order chi connectivity index (χ1) is 18.7. The van der Waals surface area contributed by atoms with Crippen molar-refractivity contribution >= 4 is 23.5 Å². The SMILES string of the molecule is C=C1C(=O)O[C@@H]2/C=C(/CO)C3=C(Cc4c(O)c(C)cc(C(C)=O)c4O)C(=O)[C@](C)(C[C@@H](OC(=O)/C(C)=C\C)[C@@H]12)O3. The van der Waals surface area contributed by atoms with E-state index in [2.05, 4.69) is 6.58 Å². The quantitative estimate of drug-likeness (QED) is 0.272. The highest BCUT2D eigenvalue weighted by Crippen LogP contribution is 2.46. The van der Waals surface area contributed by atoms with Gasteiger partial charge in [-0.1, -0.05) is 12.7 Å². The van der Waals surface area contributed by atoms with Gasteiger partial charge in [0.2, 0.25) is 5.78 Å². The standard InChI is InChI=1S/C30H32O10/c1-7-13(2)28(36)39-22-11-30(6)27(35)20(10-19-24(33)14(3)8-18(16(5)32)25(19)34)26(40-30)17(12-31)9-21-23(22)15(4)29(37)38-21/h7-9,21-23,31,33-34H,4,10-12H2,1-3,5-6H3/b13-7-,17-9-/t21-,22-,23+,30+/m1/s1. The van der Waals surface area contributed by atoms with E-state index in [0.717, 1.165) is 0 Å². The van der Waals surface area contributed by atoms with Crippen molar-refractivity contribution < 1.29 is 48.7 Å². The van der Waals surface area contributed by atoms with E-state index in [-0.39, 0.29) is 52.2 Å². The Balaban J connectivity index is 1.88. The van der Waals surface area contributed by atoms with Gasteiger partial charge in [-0.25, -0.2) is 9.59 Å². The van der Waals surface area contributed by atoms with Crippen molar-refractivity contribution in [1.82, 2.24) is 0 Å². The Morgan fingerprint density at radius 1 is 1.23 bits per heavy atom. The van der Waals surface area contributed by atoms with Gasteiger partial charge in [0.15, 0.2) is 11.4 Å². The van der Waals surface area contributed by atoms with Gasteiger partial charge in [0.05, 0.1) is 18.1 Å². The molecule has 4 atom stereocenters. The van der Waals surface area contributed by atoms with Crippen LogP contribution in [0.25, 0.3) is 0 Å². The van der Waals surface area contributed by atoms with Crippen LogP contribution < -0.4 is 0 Å². The number of ketones is 2. The molecule has 3 aliphatic rings. The first-order valence-corrected chi connectivity index (χ1v) is 12.8. The van der Waals surface area contributed by atoms with E-state index in [1.54, 1.807) is 26.8 Å². The summed E-state index contributed by atoms with van der Waals surface area (Å²) < 4.78 is 17.5. The smallest absolute Gasteiger partial charge is 0.334 e. The van der Waals surface area contributed by atoms with Crippen LogP contribution in [0, 0.1) is 12.8 Å². The number of allylic oxidation sites excluding steroid dienone is 1. The van der Waals surface area contributed by atoms with E-state index >= 15 is 0 Å². The molecule has 4 rings (SSSR count). The number of aromatic hydroxyl groups is 2. The molecule has 0 aromatic heterocycles. The molecule has 0 amide bonds. The highest BCUT2D eigenvalue weighted by molar-refractivity contribution is 6.06. The number of ether oxygens (including phenoxy) is 3. The third-order valence-electron chi connectivity index (χ3n) is 7.74. The zero-order valence-electron chi connectivity index (χ0n) is 23.0. The van der Waals surface area contributed by atoms with E-state index in [0.29, 0.717) is 11.1 Å². The number of fused-ring (bicyclic) bond motifs is 3. The molecule has 0 radical (unpaired) electrons. The molecule has 10 heteroatoms. The largest absolute Gasteiger partial charge is 0.507 e. The van der Waals surface area contributed by atoms with Crippen LogP contribution in [-0.2, 0) is 35.0 Å². The molecule has 0 unspecified atom stereocenters. The van der Waals surface area contributed by atoms with Crippen molar-refractivity contribution in [3.8, 4) is 11.5 Å². The summed E-state index contributed by atoms with van der Waals surface area (Å²) in [4.78, 5) is 51.4. The Bertz CT molecular complexity index is 1440. The van der Waals surface area contributed by atoms with Crippen molar-refractivity contribution in [3.05, 3.63) is 69.5 Å². The molecule has 10 nitrogen and oxygen atoms in total. The molecule has 1 aromatic carbocycles. The van der Waals surface area contributed by atoms with Gasteiger partial charge in [-0.3, -0.25) is 9.59 Å². The minimum absolute atomic E-state index is 0.0106. The van der Waals surface area contributed by atoms with Crippen LogP contribution in [0.2, 0.25) is 0 Å². The minimum Gasteiger partial charge on any atom is -0.507 e. The van der Waals surface area contributed by atoms with E-state index in [4.69, 9.17) is 14.2 Å². The summed E-state index contributed by atoms with van der Waals surface area (Å²) in [5.41, 5.74) is -0.863. The number of rotatable bonds is 6. The molecule has 0 saturated carbocycles. The molecule has 1 saturated heterocycles. The van der Waals surface area contributed by atoms with Crippen molar-refractivity contribution in [1.29, 1.82) is 0 Å². The molecular formula is C30H32O10. The Morgan fingerprint density at radius 3 is 2.50 bits per heavy atom. The number of phenolic OH excluding ortho intramolecular Hbond substituents is 2. The van der Waals surface area contributed by atoms with Crippen LogP contribution in [-0.4, -0.2) is 63.2 Å². The second kappa shape index (κ2) is 10.4. The lowest BCUT2D eigenvalue weighted by atomic mass is 9.80. The van der Waals surface area contributed by atoms with Gasteiger partial charge >= 0.3 is 11.9 Å². The lowest BCUT2D eigenvalue weighted by molar-refractivity contribution is -0.153. The summed E-state index contributed by atoms with van der Waals surface area (Å²) in [5, 5.41) is 31.9. The molecule has 1 fully saturated rings.